The zero-order chi connectivity index (χ0) is 8.27. The largest absolute Gasteiger partial charge is 0.343 e. The van der Waals surface area contributed by atoms with Crippen LogP contribution in [0.25, 0.3) is 0 Å². The standard InChI is InChI=1S/C8H14ClNO/c1-2-8(11)10-5-3-7(9)4-6-10/h7H,2-6H2,1H3. The number of carbonyl (C=O) groups is 1. The third-order valence-corrected chi connectivity index (χ3v) is 2.52. The number of hydrogen-bond donors (Lipinski definition) is 0. The molecule has 64 valence electrons. The van der Waals surface area contributed by atoms with Crippen LogP contribution in [0.3, 0.4) is 0 Å². The van der Waals surface area contributed by atoms with Crippen molar-refractivity contribution in [2.45, 2.75) is 31.6 Å². The highest BCUT2D eigenvalue weighted by Gasteiger charge is 2.19. The van der Waals surface area contributed by atoms with Crippen LogP contribution in [-0.2, 0) is 4.79 Å². The average molecular weight is 176 g/mol. The highest BCUT2D eigenvalue weighted by atomic mass is 35.5. The second-order valence-corrected chi connectivity index (χ2v) is 3.53. The minimum Gasteiger partial charge on any atom is -0.343 e. The Bertz CT molecular complexity index is 141. The number of alkyl halides is 1. The van der Waals surface area contributed by atoms with Crippen LogP contribution in [0.4, 0.5) is 0 Å². The van der Waals surface area contributed by atoms with E-state index in [0.717, 1.165) is 25.9 Å². The fraction of sp³-hybridized carbons (Fsp3) is 0.875. The maximum absolute atomic E-state index is 11.2. The van der Waals surface area contributed by atoms with E-state index in [4.69, 9.17) is 11.6 Å². The second-order valence-electron chi connectivity index (χ2n) is 2.91. The van der Waals surface area contributed by atoms with E-state index in [1.54, 1.807) is 0 Å². The van der Waals surface area contributed by atoms with Crippen molar-refractivity contribution in [2.24, 2.45) is 0 Å². The first-order valence-electron chi connectivity index (χ1n) is 4.16. The Morgan fingerprint density at radius 1 is 1.55 bits per heavy atom. The van der Waals surface area contributed by atoms with Crippen LogP contribution in [0.1, 0.15) is 26.2 Å². The van der Waals surface area contributed by atoms with Crippen molar-refractivity contribution in [3.05, 3.63) is 0 Å². The number of likely N-dealkylation sites (tertiary alicyclic amines) is 1. The SMILES string of the molecule is CCC(=O)N1CCC(Cl)CC1. The van der Waals surface area contributed by atoms with E-state index in [2.05, 4.69) is 0 Å². The molecule has 1 fully saturated rings. The molecule has 0 aromatic rings. The van der Waals surface area contributed by atoms with Crippen LogP contribution in [0.5, 0.6) is 0 Å². The molecule has 1 saturated heterocycles. The van der Waals surface area contributed by atoms with Crippen molar-refractivity contribution in [3.8, 4) is 0 Å². The van der Waals surface area contributed by atoms with Crippen LogP contribution in [0, 0.1) is 0 Å². The van der Waals surface area contributed by atoms with Crippen molar-refractivity contribution in [3.63, 3.8) is 0 Å². The molecule has 1 aliphatic rings. The van der Waals surface area contributed by atoms with Gasteiger partial charge in [0.15, 0.2) is 0 Å². The van der Waals surface area contributed by atoms with E-state index in [-0.39, 0.29) is 11.3 Å². The van der Waals surface area contributed by atoms with Crippen LogP contribution < -0.4 is 0 Å². The summed E-state index contributed by atoms with van der Waals surface area (Å²) < 4.78 is 0. The summed E-state index contributed by atoms with van der Waals surface area (Å²) in [5, 5.41) is 0.288. The van der Waals surface area contributed by atoms with Crippen molar-refractivity contribution in [1.29, 1.82) is 0 Å². The number of nitrogens with zero attached hydrogens (tertiary/aromatic N) is 1. The van der Waals surface area contributed by atoms with Gasteiger partial charge in [0.25, 0.3) is 0 Å². The molecule has 0 aliphatic carbocycles. The van der Waals surface area contributed by atoms with Gasteiger partial charge in [-0.15, -0.1) is 11.6 Å². The summed E-state index contributed by atoms with van der Waals surface area (Å²) in [5.74, 6) is 0.258. The van der Waals surface area contributed by atoms with Gasteiger partial charge < -0.3 is 4.90 Å². The van der Waals surface area contributed by atoms with Gasteiger partial charge in [0, 0.05) is 24.9 Å². The van der Waals surface area contributed by atoms with Gasteiger partial charge in [0.05, 0.1) is 0 Å². The summed E-state index contributed by atoms with van der Waals surface area (Å²) >= 11 is 5.89. The summed E-state index contributed by atoms with van der Waals surface area (Å²) in [6, 6.07) is 0. The van der Waals surface area contributed by atoms with E-state index in [0.29, 0.717) is 6.42 Å². The van der Waals surface area contributed by atoms with E-state index in [1.807, 2.05) is 11.8 Å². The molecule has 0 saturated carbocycles. The van der Waals surface area contributed by atoms with Gasteiger partial charge in [0.1, 0.15) is 0 Å². The summed E-state index contributed by atoms with van der Waals surface area (Å²) in [6.45, 7) is 3.59. The molecule has 2 nitrogen and oxygen atoms in total. The number of hydrogen-bond acceptors (Lipinski definition) is 1. The molecule has 0 aromatic heterocycles. The summed E-state index contributed by atoms with van der Waals surface area (Å²) in [6.07, 6.45) is 2.52. The second kappa shape index (κ2) is 3.96. The topological polar surface area (TPSA) is 20.3 Å². The number of piperidine rings is 1. The van der Waals surface area contributed by atoms with Gasteiger partial charge >= 0.3 is 0 Å². The molecule has 0 aromatic carbocycles. The minimum atomic E-state index is 0.258. The highest BCUT2D eigenvalue weighted by Crippen LogP contribution is 2.15. The van der Waals surface area contributed by atoms with Gasteiger partial charge in [-0.2, -0.15) is 0 Å². The summed E-state index contributed by atoms with van der Waals surface area (Å²) in [7, 11) is 0. The number of halogens is 1. The average Bonchev–Trinajstić information content (AvgIpc) is 2.05. The Hall–Kier alpha value is -0.240. The lowest BCUT2D eigenvalue weighted by molar-refractivity contribution is -0.131. The molecule has 1 rings (SSSR count). The van der Waals surface area contributed by atoms with E-state index >= 15 is 0 Å². The predicted octanol–water partition coefficient (Wildman–Crippen LogP) is 1.63. The predicted molar refractivity (Wildman–Crippen MR) is 45.7 cm³/mol. The molecule has 0 N–H and O–H groups in total. The molecule has 1 heterocycles. The monoisotopic (exact) mass is 175 g/mol. The van der Waals surface area contributed by atoms with E-state index < -0.39 is 0 Å². The van der Waals surface area contributed by atoms with Crippen LogP contribution >= 0.6 is 11.6 Å². The number of carbonyl (C=O) groups excluding carboxylic acids is 1. The van der Waals surface area contributed by atoms with Gasteiger partial charge in [-0.3, -0.25) is 4.79 Å². The third kappa shape index (κ3) is 2.37. The van der Waals surface area contributed by atoms with Crippen LogP contribution in [-0.4, -0.2) is 29.3 Å². The fourth-order valence-corrected chi connectivity index (χ4v) is 1.52. The number of amides is 1. The molecule has 0 radical (unpaired) electrons. The Labute approximate surface area is 72.5 Å². The van der Waals surface area contributed by atoms with Gasteiger partial charge in [-0.05, 0) is 12.8 Å². The molecule has 3 heteroatoms. The number of rotatable bonds is 1. The van der Waals surface area contributed by atoms with Crippen molar-refractivity contribution < 1.29 is 4.79 Å². The first kappa shape index (κ1) is 8.85. The fourth-order valence-electron chi connectivity index (χ4n) is 1.32. The van der Waals surface area contributed by atoms with Crippen molar-refractivity contribution >= 4 is 17.5 Å². The lowest BCUT2D eigenvalue weighted by Crippen LogP contribution is -2.38. The molecule has 1 amide bonds. The van der Waals surface area contributed by atoms with Crippen molar-refractivity contribution in [2.75, 3.05) is 13.1 Å². The molecule has 11 heavy (non-hydrogen) atoms. The van der Waals surface area contributed by atoms with Gasteiger partial charge in [-0.25, -0.2) is 0 Å². The van der Waals surface area contributed by atoms with E-state index in [1.165, 1.54) is 0 Å². The van der Waals surface area contributed by atoms with Crippen molar-refractivity contribution in [1.82, 2.24) is 4.90 Å². The highest BCUT2D eigenvalue weighted by molar-refractivity contribution is 6.20. The summed E-state index contributed by atoms with van der Waals surface area (Å²) in [4.78, 5) is 13.1. The third-order valence-electron chi connectivity index (χ3n) is 2.08. The van der Waals surface area contributed by atoms with Gasteiger partial charge in [-0.1, -0.05) is 6.92 Å². The first-order chi connectivity index (χ1) is 5.24. The molecule has 0 atom stereocenters. The Kier molecular flexibility index (Phi) is 3.18. The Balaban J connectivity index is 2.33. The summed E-state index contributed by atoms with van der Waals surface area (Å²) in [5.41, 5.74) is 0. The zero-order valence-electron chi connectivity index (χ0n) is 6.85. The van der Waals surface area contributed by atoms with Crippen LogP contribution in [0.15, 0.2) is 0 Å². The Morgan fingerprint density at radius 2 is 2.09 bits per heavy atom. The normalized spacial score (nSPS) is 20.4. The van der Waals surface area contributed by atoms with E-state index in [9.17, 15) is 4.79 Å². The zero-order valence-corrected chi connectivity index (χ0v) is 7.60. The molecule has 1 aliphatic heterocycles. The molecular formula is C8H14ClNO. The molecular weight excluding hydrogens is 162 g/mol. The maximum Gasteiger partial charge on any atom is 0.222 e. The minimum absolute atomic E-state index is 0.258. The lowest BCUT2D eigenvalue weighted by atomic mass is 10.1. The molecule has 0 unspecified atom stereocenters. The Morgan fingerprint density at radius 3 is 2.55 bits per heavy atom. The smallest absolute Gasteiger partial charge is 0.222 e. The van der Waals surface area contributed by atoms with Gasteiger partial charge in [0.2, 0.25) is 5.91 Å². The first-order valence-corrected chi connectivity index (χ1v) is 4.59. The molecule has 0 spiro atoms. The quantitative estimate of drug-likeness (QED) is 0.555. The molecule has 0 bridgehead atoms. The maximum atomic E-state index is 11.2. The van der Waals surface area contributed by atoms with Crippen LogP contribution in [0.2, 0.25) is 0 Å². The lowest BCUT2D eigenvalue weighted by Gasteiger charge is -2.28.